The molecule has 1 saturated heterocycles. The Morgan fingerprint density at radius 1 is 0.923 bits per heavy atom. The van der Waals surface area contributed by atoms with Crippen LogP contribution >= 0.6 is 0 Å². The maximum absolute atomic E-state index is 4.88. The highest BCUT2D eigenvalue weighted by atomic mass is 15.1. The molecule has 4 nitrogen and oxygen atoms in total. The number of fused-ring (bicyclic) bond motifs is 1. The first-order chi connectivity index (χ1) is 12.7. The van der Waals surface area contributed by atoms with Gasteiger partial charge in [-0.2, -0.15) is 0 Å². The van der Waals surface area contributed by atoms with Gasteiger partial charge in [0.2, 0.25) is 0 Å². The van der Waals surface area contributed by atoms with Crippen molar-refractivity contribution in [2.75, 3.05) is 19.6 Å². The van der Waals surface area contributed by atoms with Crippen LogP contribution in [-0.4, -0.2) is 39.5 Å². The van der Waals surface area contributed by atoms with E-state index >= 15 is 0 Å². The number of nitrogens with zero attached hydrogens (tertiary/aromatic N) is 4. The summed E-state index contributed by atoms with van der Waals surface area (Å²) >= 11 is 0. The van der Waals surface area contributed by atoms with Crippen molar-refractivity contribution in [1.29, 1.82) is 0 Å². The molecule has 0 unspecified atom stereocenters. The summed E-state index contributed by atoms with van der Waals surface area (Å²) in [5.41, 5.74) is 7.31. The van der Waals surface area contributed by atoms with Gasteiger partial charge in [-0.25, -0.2) is 4.98 Å². The Labute approximate surface area is 155 Å². The van der Waals surface area contributed by atoms with Crippen molar-refractivity contribution in [3.05, 3.63) is 53.5 Å². The lowest BCUT2D eigenvalue weighted by Crippen LogP contribution is -2.31. The van der Waals surface area contributed by atoms with E-state index in [0.29, 0.717) is 0 Å². The normalized spacial score (nSPS) is 15.5. The zero-order chi connectivity index (χ0) is 17.9. The summed E-state index contributed by atoms with van der Waals surface area (Å²) in [6.07, 6.45) is 7.11. The number of aromatic nitrogens is 3. The highest BCUT2D eigenvalue weighted by molar-refractivity contribution is 5.78. The molecule has 0 saturated carbocycles. The summed E-state index contributed by atoms with van der Waals surface area (Å²) < 4.78 is 0. The molecule has 1 fully saturated rings. The zero-order valence-electron chi connectivity index (χ0n) is 15.7. The quantitative estimate of drug-likeness (QED) is 0.705. The third-order valence-corrected chi connectivity index (χ3v) is 5.26. The fourth-order valence-corrected chi connectivity index (χ4v) is 3.76. The maximum Gasteiger partial charge on any atom is 0.0896 e. The number of likely N-dealkylation sites (tertiary alicyclic amines) is 1. The topological polar surface area (TPSA) is 41.9 Å². The van der Waals surface area contributed by atoms with E-state index in [2.05, 4.69) is 33.1 Å². The molecule has 4 heteroatoms. The lowest BCUT2D eigenvalue weighted by atomic mass is 10.1. The van der Waals surface area contributed by atoms with Crippen LogP contribution in [0, 0.1) is 13.8 Å². The molecule has 0 radical (unpaired) electrons. The van der Waals surface area contributed by atoms with Crippen molar-refractivity contribution in [3.8, 4) is 11.3 Å². The summed E-state index contributed by atoms with van der Waals surface area (Å²) in [4.78, 5) is 16.6. The molecule has 0 bridgehead atoms. The van der Waals surface area contributed by atoms with E-state index in [0.717, 1.165) is 46.6 Å². The monoisotopic (exact) mass is 346 g/mol. The van der Waals surface area contributed by atoms with Crippen LogP contribution in [0.5, 0.6) is 0 Å². The van der Waals surface area contributed by atoms with Crippen LogP contribution in [-0.2, 0) is 6.42 Å². The number of piperidine rings is 1. The Hall–Kier alpha value is -2.33. The van der Waals surface area contributed by atoms with Gasteiger partial charge in [-0.3, -0.25) is 9.97 Å². The molecule has 4 rings (SSSR count). The molecule has 3 aromatic rings. The van der Waals surface area contributed by atoms with E-state index in [9.17, 15) is 0 Å². The summed E-state index contributed by atoms with van der Waals surface area (Å²) in [5.74, 6) is 0. The van der Waals surface area contributed by atoms with Crippen LogP contribution in [0.4, 0.5) is 0 Å². The smallest absolute Gasteiger partial charge is 0.0896 e. The molecule has 26 heavy (non-hydrogen) atoms. The molecule has 134 valence electrons. The molecule has 3 aromatic heterocycles. The van der Waals surface area contributed by atoms with E-state index in [-0.39, 0.29) is 0 Å². The lowest BCUT2D eigenvalue weighted by Gasteiger charge is -2.26. The van der Waals surface area contributed by atoms with Gasteiger partial charge in [-0.05, 0) is 82.1 Å². The Balaban J connectivity index is 1.58. The SMILES string of the molecule is Cc1ccc(-c2ccc3ncc(CCN4CCCCC4)cc3n2)c(C)n1. The van der Waals surface area contributed by atoms with E-state index < -0.39 is 0 Å². The molecule has 1 aliphatic heterocycles. The lowest BCUT2D eigenvalue weighted by molar-refractivity contribution is 0.231. The Bertz CT molecular complexity index is 913. The first-order valence-corrected chi connectivity index (χ1v) is 9.62. The van der Waals surface area contributed by atoms with Crippen molar-refractivity contribution in [2.24, 2.45) is 0 Å². The standard InChI is InChI=1S/C22H26N4/c1-16-6-7-19(17(2)24-16)20-8-9-21-22(25-20)14-18(15-23-21)10-13-26-11-4-3-5-12-26/h6-9,14-15H,3-5,10-13H2,1-2H3. The van der Waals surface area contributed by atoms with Crippen LogP contribution in [0.25, 0.3) is 22.3 Å². The average Bonchev–Trinajstić information content (AvgIpc) is 2.66. The van der Waals surface area contributed by atoms with Gasteiger partial charge in [0, 0.05) is 29.7 Å². The minimum atomic E-state index is 0.952. The summed E-state index contributed by atoms with van der Waals surface area (Å²) in [6.45, 7) is 7.66. The highest BCUT2D eigenvalue weighted by Gasteiger charge is 2.11. The van der Waals surface area contributed by atoms with Gasteiger partial charge in [0.05, 0.1) is 16.7 Å². The van der Waals surface area contributed by atoms with Gasteiger partial charge >= 0.3 is 0 Å². The fourth-order valence-electron chi connectivity index (χ4n) is 3.76. The molecule has 0 amide bonds. The minimum Gasteiger partial charge on any atom is -0.303 e. The second-order valence-electron chi connectivity index (χ2n) is 7.32. The molecule has 0 spiro atoms. The van der Waals surface area contributed by atoms with Crippen LogP contribution < -0.4 is 0 Å². The van der Waals surface area contributed by atoms with Crippen LogP contribution in [0.2, 0.25) is 0 Å². The van der Waals surface area contributed by atoms with Gasteiger partial charge in [-0.15, -0.1) is 0 Å². The van der Waals surface area contributed by atoms with Gasteiger partial charge in [-0.1, -0.05) is 6.42 Å². The summed E-state index contributed by atoms with van der Waals surface area (Å²) in [7, 11) is 0. The molecular weight excluding hydrogens is 320 g/mol. The van der Waals surface area contributed by atoms with E-state index in [1.165, 1.54) is 37.9 Å². The number of rotatable bonds is 4. The number of pyridine rings is 3. The van der Waals surface area contributed by atoms with Crippen LogP contribution in [0.15, 0.2) is 36.5 Å². The van der Waals surface area contributed by atoms with Crippen molar-refractivity contribution in [3.63, 3.8) is 0 Å². The predicted molar refractivity (Wildman–Crippen MR) is 106 cm³/mol. The molecular formula is C22H26N4. The Morgan fingerprint density at radius 3 is 2.58 bits per heavy atom. The number of aryl methyl sites for hydroxylation is 2. The van der Waals surface area contributed by atoms with Gasteiger partial charge in [0.25, 0.3) is 0 Å². The largest absolute Gasteiger partial charge is 0.303 e. The third kappa shape index (κ3) is 3.75. The number of hydrogen-bond donors (Lipinski definition) is 0. The first kappa shape index (κ1) is 17.1. The van der Waals surface area contributed by atoms with Gasteiger partial charge < -0.3 is 4.90 Å². The van der Waals surface area contributed by atoms with E-state index in [4.69, 9.17) is 4.98 Å². The van der Waals surface area contributed by atoms with Crippen molar-refractivity contribution in [1.82, 2.24) is 19.9 Å². The summed E-state index contributed by atoms with van der Waals surface area (Å²) in [5, 5.41) is 0. The number of hydrogen-bond acceptors (Lipinski definition) is 4. The molecule has 0 aromatic carbocycles. The minimum absolute atomic E-state index is 0.952. The Morgan fingerprint density at radius 2 is 1.77 bits per heavy atom. The predicted octanol–water partition coefficient (Wildman–Crippen LogP) is 4.34. The van der Waals surface area contributed by atoms with E-state index in [1.807, 2.05) is 32.2 Å². The average molecular weight is 346 g/mol. The fraction of sp³-hybridized carbons (Fsp3) is 0.409. The van der Waals surface area contributed by atoms with Gasteiger partial charge in [0.15, 0.2) is 0 Å². The second kappa shape index (κ2) is 7.50. The molecule has 1 aliphatic rings. The van der Waals surface area contributed by atoms with Crippen molar-refractivity contribution < 1.29 is 0 Å². The van der Waals surface area contributed by atoms with Crippen LogP contribution in [0.1, 0.15) is 36.2 Å². The third-order valence-electron chi connectivity index (χ3n) is 5.26. The van der Waals surface area contributed by atoms with Crippen LogP contribution in [0.3, 0.4) is 0 Å². The zero-order valence-corrected chi connectivity index (χ0v) is 15.7. The maximum atomic E-state index is 4.88. The Kier molecular flexibility index (Phi) is 4.93. The molecule has 4 heterocycles. The molecule has 0 N–H and O–H groups in total. The molecule has 0 atom stereocenters. The highest BCUT2D eigenvalue weighted by Crippen LogP contribution is 2.23. The molecule has 0 aliphatic carbocycles. The summed E-state index contributed by atoms with van der Waals surface area (Å²) in [6, 6.07) is 10.5. The van der Waals surface area contributed by atoms with Crippen molar-refractivity contribution in [2.45, 2.75) is 39.5 Å². The van der Waals surface area contributed by atoms with E-state index in [1.54, 1.807) is 0 Å². The van der Waals surface area contributed by atoms with Gasteiger partial charge in [0.1, 0.15) is 0 Å². The second-order valence-corrected chi connectivity index (χ2v) is 7.32. The van der Waals surface area contributed by atoms with Crippen molar-refractivity contribution >= 4 is 11.0 Å². The first-order valence-electron chi connectivity index (χ1n) is 9.62.